The molecule has 0 bridgehead atoms. The summed E-state index contributed by atoms with van der Waals surface area (Å²) in [4.78, 5) is 58.7. The third-order valence-electron chi connectivity index (χ3n) is 15.0. The van der Waals surface area contributed by atoms with Gasteiger partial charge in [0.05, 0.1) is 26.4 Å². The first-order valence-corrected chi connectivity index (χ1v) is 41.4. The van der Waals surface area contributed by atoms with Crippen molar-refractivity contribution in [3.05, 3.63) is 207 Å². The number of carbonyl (C=O) groups excluding carboxylic acids is 3. The minimum atomic E-state index is -4.96. The number of unbranched alkanes of at least 4 members (excludes halogenated alkanes) is 13. The molecule has 0 saturated heterocycles. The second-order valence-corrected chi connectivity index (χ2v) is 27.6. The van der Waals surface area contributed by atoms with Gasteiger partial charge in [-0.05, 0) is 167 Å². The number of hydrogen-bond acceptors (Lipinski definition) is 14. The van der Waals surface area contributed by atoms with Crippen LogP contribution in [0, 0.1) is 0 Å². The van der Waals surface area contributed by atoms with Crippen molar-refractivity contribution in [1.29, 1.82) is 0 Å². The van der Waals surface area contributed by atoms with Crippen molar-refractivity contribution in [3.8, 4) is 0 Å². The largest absolute Gasteiger partial charge is 0.472 e. The normalized spacial score (nSPS) is 15.1. The first kappa shape index (κ1) is 97.1. The van der Waals surface area contributed by atoms with E-state index < -0.39 is 91.5 Å². The van der Waals surface area contributed by atoms with Crippen molar-refractivity contribution >= 4 is 33.6 Å². The van der Waals surface area contributed by atoms with Crippen molar-refractivity contribution in [2.75, 3.05) is 39.6 Å². The Kier molecular flexibility index (Phi) is 71.5. The lowest BCUT2D eigenvalue weighted by Gasteiger charge is -2.21. The molecule has 103 heavy (non-hydrogen) atoms. The van der Waals surface area contributed by atoms with Gasteiger partial charge in [-0.1, -0.05) is 272 Å². The Morgan fingerprint density at radius 3 is 0.767 bits per heavy atom. The van der Waals surface area contributed by atoms with E-state index in [0.717, 1.165) is 193 Å². The fraction of sp³-hybridized carbons (Fsp3) is 0.565. The second-order valence-electron chi connectivity index (χ2n) is 24.7. The first-order valence-electron chi connectivity index (χ1n) is 38.4. The van der Waals surface area contributed by atoms with E-state index in [-0.39, 0.29) is 19.3 Å². The van der Waals surface area contributed by atoms with Crippen molar-refractivity contribution in [2.45, 2.75) is 270 Å². The minimum absolute atomic E-state index is 0.0657. The zero-order chi connectivity index (χ0) is 75.2. The van der Waals surface area contributed by atoms with Crippen molar-refractivity contribution in [3.63, 3.8) is 0 Å². The van der Waals surface area contributed by atoms with Crippen LogP contribution in [0.15, 0.2) is 207 Å². The van der Waals surface area contributed by atoms with E-state index in [4.69, 9.17) is 32.3 Å². The number of allylic oxidation sites excluding steroid dienone is 34. The molecule has 5 atom stereocenters. The van der Waals surface area contributed by atoms with Gasteiger partial charge in [0.25, 0.3) is 0 Å². The Labute approximate surface area is 622 Å². The van der Waals surface area contributed by atoms with Gasteiger partial charge in [-0.3, -0.25) is 32.5 Å². The van der Waals surface area contributed by atoms with Crippen LogP contribution in [0.5, 0.6) is 0 Å². The van der Waals surface area contributed by atoms with E-state index in [2.05, 4.69) is 227 Å². The van der Waals surface area contributed by atoms with Gasteiger partial charge in [-0.15, -0.1) is 0 Å². The minimum Gasteiger partial charge on any atom is -0.463 e. The van der Waals surface area contributed by atoms with E-state index in [0.29, 0.717) is 19.3 Å². The smallest absolute Gasteiger partial charge is 0.463 e. The maximum atomic E-state index is 13.0. The highest BCUT2D eigenvalue weighted by Crippen LogP contribution is 2.45. The SMILES string of the molecule is CC/C=C\C/C=C\C/C=C\C/C=C\C/C=C\C/C=C\CCCCCCC(=O)OCC(O)COP(=O)(O)OCC(O)COP(=O)(O)OCC(COC(=O)CCCCCC/C=C\C/C=C\C/C=C\C/C=C\C/C=C\C/C=C\CC)OC(=O)CCCCCCC/C=C\C/C=C\C/C=C\C/C=C\C/C=C\CC. The molecule has 580 valence electrons. The molecule has 0 aliphatic heterocycles. The highest BCUT2D eigenvalue weighted by molar-refractivity contribution is 7.47. The topological polar surface area (TPSA) is 231 Å². The molecular weight excluding hydrogens is 1340 g/mol. The Bertz CT molecular complexity index is 2700. The van der Waals surface area contributed by atoms with Gasteiger partial charge in [0.2, 0.25) is 0 Å². The first-order chi connectivity index (χ1) is 50.2. The molecule has 0 aromatic heterocycles. The predicted molar refractivity (Wildman–Crippen MR) is 426 cm³/mol. The van der Waals surface area contributed by atoms with Crippen LogP contribution in [0.1, 0.15) is 252 Å². The van der Waals surface area contributed by atoms with E-state index >= 15 is 0 Å². The molecule has 0 aromatic carbocycles. The number of hydrogen-bond donors (Lipinski definition) is 4. The van der Waals surface area contributed by atoms with Crippen LogP contribution in [0.25, 0.3) is 0 Å². The van der Waals surface area contributed by atoms with Crippen LogP contribution in [-0.4, -0.2) is 95.9 Å². The van der Waals surface area contributed by atoms with Gasteiger partial charge in [-0.25, -0.2) is 9.13 Å². The lowest BCUT2D eigenvalue weighted by atomic mass is 10.1. The van der Waals surface area contributed by atoms with Crippen LogP contribution in [0.4, 0.5) is 0 Å². The van der Waals surface area contributed by atoms with Gasteiger partial charge >= 0.3 is 33.6 Å². The Balaban J connectivity index is 4.82. The Hall–Kier alpha value is -5.87. The monoisotopic (exact) mass is 1470 g/mol. The van der Waals surface area contributed by atoms with Crippen molar-refractivity contribution in [2.24, 2.45) is 0 Å². The third kappa shape index (κ3) is 77.1. The van der Waals surface area contributed by atoms with E-state index in [9.17, 15) is 43.5 Å². The molecule has 4 N–H and O–H groups in total. The van der Waals surface area contributed by atoms with Gasteiger partial charge in [0, 0.05) is 19.3 Å². The molecule has 5 unspecified atom stereocenters. The fourth-order valence-electron chi connectivity index (χ4n) is 9.25. The molecule has 0 aromatic rings. The number of esters is 3. The van der Waals surface area contributed by atoms with Gasteiger partial charge in [0.15, 0.2) is 6.10 Å². The summed E-state index contributed by atoms with van der Waals surface area (Å²) in [5, 5.41) is 20.6. The number of aliphatic hydroxyl groups excluding tert-OH is 2. The van der Waals surface area contributed by atoms with Crippen LogP contribution >= 0.6 is 15.6 Å². The number of aliphatic hydroxyl groups is 2. The number of phosphoric ester groups is 2. The molecule has 0 saturated carbocycles. The van der Waals surface area contributed by atoms with Crippen molar-refractivity contribution in [1.82, 2.24) is 0 Å². The Morgan fingerprint density at radius 1 is 0.272 bits per heavy atom. The number of carbonyl (C=O) groups is 3. The number of rotatable bonds is 70. The highest BCUT2D eigenvalue weighted by Gasteiger charge is 2.29. The third-order valence-corrected chi connectivity index (χ3v) is 16.9. The lowest BCUT2D eigenvalue weighted by molar-refractivity contribution is -0.161. The van der Waals surface area contributed by atoms with Crippen LogP contribution in [0.3, 0.4) is 0 Å². The second kappa shape index (κ2) is 75.8. The molecule has 0 amide bonds. The van der Waals surface area contributed by atoms with Crippen LogP contribution in [0.2, 0.25) is 0 Å². The van der Waals surface area contributed by atoms with Crippen LogP contribution in [-0.2, 0) is 55.8 Å². The molecule has 16 nitrogen and oxygen atoms in total. The maximum absolute atomic E-state index is 13.0. The summed E-state index contributed by atoms with van der Waals surface area (Å²) in [6.07, 6.45) is 100.0. The molecule has 0 aliphatic carbocycles. The quantitative estimate of drug-likeness (QED) is 0.0146. The van der Waals surface area contributed by atoms with Gasteiger partial charge < -0.3 is 34.2 Å². The summed E-state index contributed by atoms with van der Waals surface area (Å²) in [7, 11) is -9.84. The molecule has 0 heterocycles. The lowest BCUT2D eigenvalue weighted by Crippen LogP contribution is -2.30. The standard InChI is InChI=1S/C85H134O16P2/c1-4-7-10-13-16-19-22-25-28-31-34-37-39-42-44-47-50-53-56-59-62-65-68-71-83(88)95-74-80(86)75-97-102(91,92)98-76-81(87)77-99-103(93,94)100-79-82(101-85(90)73-70-67-64-61-58-55-52-49-46-41-36-33-30-27-24-21-18-15-12-9-6-3)78-96-84(89)72-69-66-63-60-57-54-51-48-45-43-40-38-35-32-29-26-23-20-17-14-11-8-5-2/h7-12,16-21,25-30,34-38,41-45,49-54,80-82,86-87H,4-6,13-15,22-24,31-33,39-40,46-48,55-79H2,1-3H3,(H,91,92)(H,93,94)/b10-7-,11-8-,12-9-,19-16-,20-17-,21-18-,28-25-,29-26-,30-27-,37-34-,38-35-,41-36-,44-42-,45-43-,52-49-,53-50-,54-51-. The summed E-state index contributed by atoms with van der Waals surface area (Å²) >= 11 is 0. The molecule has 0 spiro atoms. The summed E-state index contributed by atoms with van der Waals surface area (Å²) < 4.78 is 61.1. The zero-order valence-corrected chi connectivity index (χ0v) is 64.9. The van der Waals surface area contributed by atoms with E-state index in [1.165, 1.54) is 0 Å². The van der Waals surface area contributed by atoms with Crippen LogP contribution < -0.4 is 0 Å². The number of ether oxygens (including phenoxy) is 3. The van der Waals surface area contributed by atoms with Crippen molar-refractivity contribution < 1.29 is 75.8 Å². The van der Waals surface area contributed by atoms with Gasteiger partial charge in [0.1, 0.15) is 25.4 Å². The molecule has 0 radical (unpaired) electrons. The fourth-order valence-corrected chi connectivity index (χ4v) is 10.8. The average molecular weight is 1470 g/mol. The number of phosphoric acid groups is 2. The maximum Gasteiger partial charge on any atom is 0.472 e. The summed E-state index contributed by atoms with van der Waals surface area (Å²) in [5.41, 5.74) is 0. The summed E-state index contributed by atoms with van der Waals surface area (Å²) in [5.74, 6) is -1.67. The van der Waals surface area contributed by atoms with E-state index in [1.807, 2.05) is 0 Å². The summed E-state index contributed by atoms with van der Waals surface area (Å²) in [6.45, 7) is 2.21. The molecular formula is C85H134O16P2. The Morgan fingerprint density at radius 2 is 0.485 bits per heavy atom. The summed E-state index contributed by atoms with van der Waals surface area (Å²) in [6, 6.07) is 0. The average Bonchev–Trinajstić information content (AvgIpc) is 0.922. The zero-order valence-electron chi connectivity index (χ0n) is 63.1. The van der Waals surface area contributed by atoms with Gasteiger partial charge in [-0.2, -0.15) is 0 Å². The predicted octanol–water partition coefficient (Wildman–Crippen LogP) is 22.5. The molecule has 0 fully saturated rings. The highest BCUT2D eigenvalue weighted by atomic mass is 31.2. The van der Waals surface area contributed by atoms with E-state index in [1.54, 1.807) is 0 Å². The molecule has 18 heteroatoms. The molecule has 0 aliphatic rings. The molecule has 0 rings (SSSR count).